The minimum atomic E-state index is 0.614. The molecule has 0 aromatic heterocycles. The minimum absolute atomic E-state index is 0.614. The molecule has 162 valence electrons. The van der Waals surface area contributed by atoms with Crippen LogP contribution >= 0.6 is 0 Å². The molecule has 0 aliphatic heterocycles. The fraction of sp³-hybridized carbons (Fsp3) is 0.556. The number of fused-ring (bicyclic) bond motifs is 1. The van der Waals surface area contributed by atoms with Gasteiger partial charge < -0.3 is 9.80 Å². The summed E-state index contributed by atoms with van der Waals surface area (Å²) in [6, 6.07) is 18.2. The van der Waals surface area contributed by atoms with Crippen molar-refractivity contribution in [2.75, 3.05) is 32.1 Å². The van der Waals surface area contributed by atoms with Crippen molar-refractivity contribution >= 4 is 5.69 Å². The van der Waals surface area contributed by atoms with Crippen LogP contribution in [-0.4, -0.2) is 33.2 Å². The average molecular weight is 398 g/mol. The molecule has 0 radical (unpaired) electrons. The lowest BCUT2D eigenvalue weighted by Crippen LogP contribution is -3.05. The van der Waals surface area contributed by atoms with E-state index in [0.717, 1.165) is 6.54 Å². The maximum Gasteiger partial charge on any atom is 0.0766 e. The molecule has 0 bridgehead atoms. The fourth-order valence-electron chi connectivity index (χ4n) is 4.00. The fourth-order valence-corrected chi connectivity index (χ4v) is 4.00. The summed E-state index contributed by atoms with van der Waals surface area (Å²) in [6.45, 7) is 13.1. The Bertz CT molecular complexity index is 653. The van der Waals surface area contributed by atoms with Crippen LogP contribution in [0.5, 0.6) is 0 Å². The van der Waals surface area contributed by atoms with Crippen molar-refractivity contribution in [2.24, 2.45) is 0 Å². The second-order valence-corrected chi connectivity index (χ2v) is 8.07. The molecule has 2 aromatic carbocycles. The maximum absolute atomic E-state index is 2.56. The summed E-state index contributed by atoms with van der Waals surface area (Å²) in [4.78, 5) is 4.13. The van der Waals surface area contributed by atoms with E-state index in [1.54, 1.807) is 4.90 Å². The molecule has 0 fully saturated rings. The van der Waals surface area contributed by atoms with Gasteiger partial charge in [0, 0.05) is 18.3 Å². The van der Waals surface area contributed by atoms with Gasteiger partial charge in [0.05, 0.1) is 20.6 Å². The molecule has 2 aromatic rings. The monoisotopic (exact) mass is 397 g/mol. The van der Waals surface area contributed by atoms with E-state index in [-0.39, 0.29) is 0 Å². The third-order valence-corrected chi connectivity index (χ3v) is 5.52. The first-order chi connectivity index (χ1) is 14.1. The van der Waals surface area contributed by atoms with E-state index in [4.69, 9.17) is 0 Å². The van der Waals surface area contributed by atoms with Gasteiger partial charge in [-0.05, 0) is 62.3 Å². The van der Waals surface area contributed by atoms with Crippen LogP contribution in [0, 0.1) is 6.92 Å². The summed E-state index contributed by atoms with van der Waals surface area (Å²) in [7, 11) is 4.41. The van der Waals surface area contributed by atoms with E-state index in [9.17, 15) is 0 Å². The van der Waals surface area contributed by atoms with Crippen LogP contribution in [0.4, 0.5) is 5.69 Å². The Hall–Kier alpha value is -1.80. The molecule has 1 N–H and O–H groups in total. The maximum atomic E-state index is 2.56. The van der Waals surface area contributed by atoms with Crippen LogP contribution in [0.15, 0.2) is 48.5 Å². The van der Waals surface area contributed by atoms with Gasteiger partial charge in [-0.3, -0.25) is 0 Å². The van der Waals surface area contributed by atoms with Crippen LogP contribution in [0.2, 0.25) is 0 Å². The molecule has 1 aliphatic rings. The van der Waals surface area contributed by atoms with Gasteiger partial charge in [0.2, 0.25) is 0 Å². The molecule has 0 spiro atoms. The Morgan fingerprint density at radius 2 is 1.41 bits per heavy atom. The zero-order chi connectivity index (χ0) is 21.6. The molecule has 0 heterocycles. The molecule has 2 nitrogen and oxygen atoms in total. The number of hydrogen-bond acceptors (Lipinski definition) is 1. The first-order valence-corrected chi connectivity index (χ1v) is 11.7. The Kier molecular flexibility index (Phi) is 12.4. The summed E-state index contributed by atoms with van der Waals surface area (Å²) >= 11 is 0. The molecule has 3 rings (SSSR count). The van der Waals surface area contributed by atoms with E-state index in [0.29, 0.717) is 6.04 Å². The largest absolute Gasteiger partial charge is 0.368 e. The number of para-hydroxylation sites is 1. The smallest absolute Gasteiger partial charge is 0.0766 e. The Labute approximate surface area is 180 Å². The van der Waals surface area contributed by atoms with Crippen LogP contribution in [0.1, 0.15) is 63.6 Å². The van der Waals surface area contributed by atoms with Crippen molar-refractivity contribution in [1.29, 1.82) is 0 Å². The summed E-state index contributed by atoms with van der Waals surface area (Å²) in [5, 5.41) is 0. The number of nitrogens with zero attached hydrogens (tertiary/aromatic N) is 1. The van der Waals surface area contributed by atoms with Gasteiger partial charge in [0.15, 0.2) is 0 Å². The van der Waals surface area contributed by atoms with E-state index < -0.39 is 0 Å². The van der Waals surface area contributed by atoms with Gasteiger partial charge in [-0.15, -0.1) is 0 Å². The molecule has 0 saturated heterocycles. The van der Waals surface area contributed by atoms with Crippen molar-refractivity contribution in [3.05, 3.63) is 65.2 Å². The van der Waals surface area contributed by atoms with Gasteiger partial charge in [0.1, 0.15) is 0 Å². The van der Waals surface area contributed by atoms with E-state index in [1.807, 2.05) is 13.8 Å². The van der Waals surface area contributed by atoms with E-state index in [1.165, 1.54) is 61.0 Å². The van der Waals surface area contributed by atoms with Gasteiger partial charge in [-0.1, -0.05) is 69.7 Å². The molecule has 0 saturated carbocycles. The molecule has 0 unspecified atom stereocenters. The lowest BCUT2D eigenvalue weighted by Gasteiger charge is -2.31. The SMILES string of the molecule is CC.CCCCC[NH+](C)C.CCN(c1ccccc1C)C1Cc2ccccc2C1. The number of nitrogens with one attached hydrogen (secondary N) is 1. The molecule has 1 aliphatic carbocycles. The number of rotatable bonds is 7. The van der Waals surface area contributed by atoms with Crippen molar-refractivity contribution in [1.82, 2.24) is 0 Å². The first-order valence-electron chi connectivity index (χ1n) is 11.7. The summed E-state index contributed by atoms with van der Waals surface area (Å²) in [6.07, 6.45) is 6.48. The van der Waals surface area contributed by atoms with Gasteiger partial charge in [-0.2, -0.15) is 0 Å². The number of aryl methyl sites for hydroxylation is 1. The number of unbranched alkanes of at least 4 members (excludes halogenated alkanes) is 2. The standard InChI is InChI=1S/C18H21N.C7H17N.C2H6/c1-3-19(18-11-7-4-8-14(18)2)17-12-15-9-5-6-10-16(15)13-17;1-4-5-6-7-8(2)3;1-2/h4-11,17H,3,12-13H2,1-2H3;4-7H2,1-3H3;1-2H3/p+1. The topological polar surface area (TPSA) is 7.68 Å². The molecular formula is C27H45N2+. The highest BCUT2D eigenvalue weighted by Gasteiger charge is 2.26. The second kappa shape index (κ2) is 14.2. The minimum Gasteiger partial charge on any atom is -0.368 e. The number of hydrogen-bond donors (Lipinski definition) is 1. The van der Waals surface area contributed by atoms with Gasteiger partial charge in [0.25, 0.3) is 0 Å². The zero-order valence-electron chi connectivity index (χ0n) is 20.1. The van der Waals surface area contributed by atoms with E-state index in [2.05, 4.69) is 88.3 Å². The normalized spacial score (nSPS) is 12.6. The molecule has 29 heavy (non-hydrogen) atoms. The zero-order valence-corrected chi connectivity index (χ0v) is 20.1. The quantitative estimate of drug-likeness (QED) is 0.620. The highest BCUT2D eigenvalue weighted by Crippen LogP contribution is 2.30. The van der Waals surface area contributed by atoms with Crippen molar-refractivity contribution in [2.45, 2.75) is 72.8 Å². The highest BCUT2D eigenvalue weighted by molar-refractivity contribution is 5.55. The Balaban J connectivity index is 0.000000358. The van der Waals surface area contributed by atoms with Crippen LogP contribution in [-0.2, 0) is 12.8 Å². The Morgan fingerprint density at radius 1 is 0.862 bits per heavy atom. The summed E-state index contributed by atoms with van der Waals surface area (Å²) in [5.74, 6) is 0. The summed E-state index contributed by atoms with van der Waals surface area (Å²) in [5.41, 5.74) is 5.82. The van der Waals surface area contributed by atoms with Crippen molar-refractivity contribution < 1.29 is 4.90 Å². The number of anilines is 1. The number of benzene rings is 2. The third-order valence-electron chi connectivity index (χ3n) is 5.52. The predicted octanol–water partition coefficient (Wildman–Crippen LogP) is 5.34. The van der Waals surface area contributed by atoms with Gasteiger partial charge >= 0.3 is 0 Å². The number of quaternary nitrogens is 1. The Morgan fingerprint density at radius 3 is 1.90 bits per heavy atom. The van der Waals surface area contributed by atoms with Crippen LogP contribution in [0.3, 0.4) is 0 Å². The highest BCUT2D eigenvalue weighted by atomic mass is 15.2. The van der Waals surface area contributed by atoms with Gasteiger partial charge in [-0.25, -0.2) is 0 Å². The van der Waals surface area contributed by atoms with Crippen molar-refractivity contribution in [3.8, 4) is 0 Å². The lowest BCUT2D eigenvalue weighted by molar-refractivity contribution is -0.858. The summed E-state index contributed by atoms with van der Waals surface area (Å²) < 4.78 is 0. The lowest BCUT2D eigenvalue weighted by atomic mass is 10.1. The van der Waals surface area contributed by atoms with Crippen LogP contribution < -0.4 is 9.80 Å². The first kappa shape index (κ1) is 25.2. The second-order valence-electron chi connectivity index (χ2n) is 8.07. The third kappa shape index (κ3) is 8.22. The molecule has 0 amide bonds. The molecule has 0 atom stereocenters. The molecule has 2 heteroatoms. The molecular weight excluding hydrogens is 352 g/mol. The van der Waals surface area contributed by atoms with E-state index >= 15 is 0 Å². The average Bonchev–Trinajstić information content (AvgIpc) is 3.16. The van der Waals surface area contributed by atoms with Crippen molar-refractivity contribution in [3.63, 3.8) is 0 Å². The number of likely N-dealkylation sites (N-methyl/N-ethyl adjacent to an activating group) is 1. The predicted molar refractivity (Wildman–Crippen MR) is 130 cm³/mol. The van der Waals surface area contributed by atoms with Crippen LogP contribution in [0.25, 0.3) is 0 Å².